The van der Waals surface area contributed by atoms with Crippen LogP contribution in [0.1, 0.15) is 16.9 Å². The third kappa shape index (κ3) is 5.53. The summed E-state index contributed by atoms with van der Waals surface area (Å²) in [6.45, 7) is 1.35. The maximum absolute atomic E-state index is 11.9. The van der Waals surface area contributed by atoms with Crippen molar-refractivity contribution in [1.82, 2.24) is 15.1 Å². The fraction of sp³-hybridized carbons (Fsp3) is 0.333. The lowest BCUT2D eigenvalue weighted by molar-refractivity contribution is 0.0941. The molecule has 0 aliphatic heterocycles. The summed E-state index contributed by atoms with van der Waals surface area (Å²) in [5.74, 6) is 0.433. The van der Waals surface area contributed by atoms with Crippen molar-refractivity contribution in [2.75, 3.05) is 20.3 Å². The van der Waals surface area contributed by atoms with Crippen molar-refractivity contribution in [1.29, 1.82) is 0 Å². The molecule has 8 heteroatoms. The van der Waals surface area contributed by atoms with Gasteiger partial charge in [0.2, 0.25) is 0 Å². The van der Waals surface area contributed by atoms with E-state index in [4.69, 9.17) is 21.1 Å². The molecule has 0 atom stereocenters. The molecule has 0 saturated heterocycles. The number of methoxy groups -OCH3 is 1. The van der Waals surface area contributed by atoms with Gasteiger partial charge >= 0.3 is 0 Å². The summed E-state index contributed by atoms with van der Waals surface area (Å²) in [7, 11) is 1.63. The average molecular weight is 403 g/mol. The number of carbonyl (C=O) groups is 1. The molecular weight excluding hydrogens is 386 g/mol. The highest BCUT2D eigenvalue weighted by Crippen LogP contribution is 2.28. The standard InChI is InChI=1S/C15H17BrClN3O3/c1-22-8-2-6-18-15(21)13-5-7-20(19-13)10-23-14-4-3-11(17)9-12(14)16/h3-5,7,9H,2,6,8,10H2,1H3,(H,18,21). The minimum Gasteiger partial charge on any atom is -0.470 e. The Bertz CT molecular complexity index is 663. The fourth-order valence-electron chi connectivity index (χ4n) is 1.79. The van der Waals surface area contributed by atoms with Gasteiger partial charge in [-0.25, -0.2) is 4.68 Å². The summed E-state index contributed by atoms with van der Waals surface area (Å²) in [5.41, 5.74) is 0.348. The van der Waals surface area contributed by atoms with Crippen LogP contribution >= 0.6 is 27.5 Å². The first-order valence-electron chi connectivity index (χ1n) is 6.98. The van der Waals surface area contributed by atoms with E-state index in [2.05, 4.69) is 26.3 Å². The molecule has 2 rings (SSSR count). The van der Waals surface area contributed by atoms with Gasteiger partial charge in [0.15, 0.2) is 6.73 Å². The maximum Gasteiger partial charge on any atom is 0.271 e. The first-order valence-corrected chi connectivity index (χ1v) is 8.15. The highest BCUT2D eigenvalue weighted by Gasteiger charge is 2.09. The Morgan fingerprint density at radius 2 is 2.26 bits per heavy atom. The van der Waals surface area contributed by atoms with Crippen LogP contribution in [0.5, 0.6) is 5.75 Å². The number of amides is 1. The third-order valence-corrected chi connectivity index (χ3v) is 3.79. The molecule has 6 nitrogen and oxygen atoms in total. The first-order chi connectivity index (χ1) is 11.1. The summed E-state index contributed by atoms with van der Waals surface area (Å²) in [5, 5.41) is 7.58. The molecule has 0 bridgehead atoms. The number of nitrogens with zero attached hydrogens (tertiary/aromatic N) is 2. The van der Waals surface area contributed by atoms with Gasteiger partial charge in [-0.2, -0.15) is 5.10 Å². The summed E-state index contributed by atoms with van der Waals surface area (Å²) in [4.78, 5) is 11.9. The van der Waals surface area contributed by atoms with Gasteiger partial charge in [-0.15, -0.1) is 0 Å². The first kappa shape index (κ1) is 17.8. The molecule has 0 saturated carbocycles. The quantitative estimate of drug-likeness (QED) is 0.689. The molecule has 0 aliphatic carbocycles. The van der Waals surface area contributed by atoms with Gasteiger partial charge in [-0.05, 0) is 46.6 Å². The number of carbonyl (C=O) groups excluding carboxylic acids is 1. The van der Waals surface area contributed by atoms with Crippen molar-refractivity contribution < 1.29 is 14.3 Å². The highest BCUT2D eigenvalue weighted by molar-refractivity contribution is 9.10. The molecular formula is C15H17BrClN3O3. The molecule has 1 heterocycles. The molecule has 124 valence electrons. The maximum atomic E-state index is 11.9. The minimum absolute atomic E-state index is 0.192. The Morgan fingerprint density at radius 1 is 1.43 bits per heavy atom. The average Bonchev–Trinajstić information content (AvgIpc) is 2.99. The van der Waals surface area contributed by atoms with E-state index < -0.39 is 0 Å². The second-order valence-electron chi connectivity index (χ2n) is 4.69. The van der Waals surface area contributed by atoms with Gasteiger partial charge in [0.1, 0.15) is 11.4 Å². The van der Waals surface area contributed by atoms with Crippen molar-refractivity contribution >= 4 is 33.4 Å². The monoisotopic (exact) mass is 401 g/mol. The van der Waals surface area contributed by atoms with Crippen LogP contribution in [0, 0.1) is 0 Å². The van der Waals surface area contributed by atoms with Crippen molar-refractivity contribution in [3.63, 3.8) is 0 Å². The summed E-state index contributed by atoms with van der Waals surface area (Å²) in [6.07, 6.45) is 2.45. The lowest BCUT2D eigenvalue weighted by atomic mass is 10.3. The fourth-order valence-corrected chi connectivity index (χ4v) is 2.59. The Hall–Kier alpha value is -1.57. The zero-order valence-electron chi connectivity index (χ0n) is 12.6. The summed E-state index contributed by atoms with van der Waals surface area (Å²) in [6, 6.07) is 6.90. The molecule has 1 N–H and O–H groups in total. The lowest BCUT2D eigenvalue weighted by Gasteiger charge is -2.08. The zero-order chi connectivity index (χ0) is 16.7. The number of halogens is 2. The van der Waals surface area contributed by atoms with E-state index in [9.17, 15) is 4.79 Å². The largest absolute Gasteiger partial charge is 0.470 e. The molecule has 1 amide bonds. The SMILES string of the molecule is COCCCNC(=O)c1ccn(COc2ccc(Cl)cc2Br)n1. The number of hydrogen-bond donors (Lipinski definition) is 1. The number of ether oxygens (including phenoxy) is 2. The minimum atomic E-state index is -0.215. The molecule has 0 radical (unpaired) electrons. The molecule has 0 aliphatic rings. The van der Waals surface area contributed by atoms with Crippen molar-refractivity contribution in [3.05, 3.63) is 45.7 Å². The van der Waals surface area contributed by atoms with E-state index in [0.29, 0.717) is 29.6 Å². The highest BCUT2D eigenvalue weighted by atomic mass is 79.9. The smallest absolute Gasteiger partial charge is 0.271 e. The molecule has 23 heavy (non-hydrogen) atoms. The van der Waals surface area contributed by atoms with Gasteiger partial charge in [0.05, 0.1) is 4.47 Å². The van der Waals surface area contributed by atoms with E-state index >= 15 is 0 Å². The van der Waals surface area contributed by atoms with E-state index in [-0.39, 0.29) is 12.6 Å². The number of hydrogen-bond acceptors (Lipinski definition) is 4. The second-order valence-corrected chi connectivity index (χ2v) is 5.98. The van der Waals surface area contributed by atoms with E-state index in [1.807, 2.05) is 0 Å². The third-order valence-electron chi connectivity index (χ3n) is 2.93. The van der Waals surface area contributed by atoms with E-state index in [1.54, 1.807) is 42.3 Å². The predicted molar refractivity (Wildman–Crippen MR) is 90.8 cm³/mol. The Morgan fingerprint density at radius 3 is 3.00 bits per heavy atom. The molecule has 2 aromatic rings. The normalized spacial score (nSPS) is 10.6. The number of aromatic nitrogens is 2. The number of benzene rings is 1. The van der Waals surface area contributed by atoms with Crippen molar-refractivity contribution in [2.24, 2.45) is 0 Å². The van der Waals surface area contributed by atoms with Crippen LogP contribution < -0.4 is 10.1 Å². The van der Waals surface area contributed by atoms with Crippen LogP contribution in [0.4, 0.5) is 0 Å². The van der Waals surface area contributed by atoms with Gasteiger partial charge in [0, 0.05) is 31.5 Å². The Labute approximate surface area is 147 Å². The van der Waals surface area contributed by atoms with Crippen LogP contribution in [-0.4, -0.2) is 35.9 Å². The van der Waals surface area contributed by atoms with Crippen LogP contribution in [0.3, 0.4) is 0 Å². The Balaban J connectivity index is 1.85. The molecule has 0 fully saturated rings. The topological polar surface area (TPSA) is 65.4 Å². The van der Waals surface area contributed by atoms with Gasteiger partial charge in [0.25, 0.3) is 5.91 Å². The van der Waals surface area contributed by atoms with Crippen LogP contribution in [0.25, 0.3) is 0 Å². The predicted octanol–water partition coefficient (Wildman–Crippen LogP) is 3.10. The molecule has 0 unspecified atom stereocenters. The van der Waals surface area contributed by atoms with E-state index in [1.165, 1.54) is 0 Å². The van der Waals surface area contributed by atoms with Crippen LogP contribution in [0.15, 0.2) is 34.9 Å². The Kier molecular flexibility index (Phi) is 6.88. The summed E-state index contributed by atoms with van der Waals surface area (Å²) >= 11 is 9.26. The summed E-state index contributed by atoms with van der Waals surface area (Å²) < 4.78 is 12.9. The van der Waals surface area contributed by atoms with Crippen LogP contribution in [0.2, 0.25) is 5.02 Å². The lowest BCUT2D eigenvalue weighted by Crippen LogP contribution is -2.25. The van der Waals surface area contributed by atoms with Crippen LogP contribution in [-0.2, 0) is 11.5 Å². The molecule has 1 aromatic carbocycles. The number of nitrogens with one attached hydrogen (secondary N) is 1. The van der Waals surface area contributed by atoms with Gasteiger partial charge in [-0.3, -0.25) is 4.79 Å². The van der Waals surface area contributed by atoms with Gasteiger partial charge < -0.3 is 14.8 Å². The van der Waals surface area contributed by atoms with E-state index in [0.717, 1.165) is 10.9 Å². The zero-order valence-corrected chi connectivity index (χ0v) is 14.9. The van der Waals surface area contributed by atoms with Gasteiger partial charge in [-0.1, -0.05) is 11.6 Å². The number of rotatable bonds is 8. The van der Waals surface area contributed by atoms with Crippen molar-refractivity contribution in [2.45, 2.75) is 13.2 Å². The van der Waals surface area contributed by atoms with Crippen molar-refractivity contribution in [3.8, 4) is 5.75 Å². The second kappa shape index (κ2) is 8.90. The molecule has 0 spiro atoms. The molecule has 1 aromatic heterocycles.